The van der Waals surface area contributed by atoms with Crippen molar-refractivity contribution >= 4 is 5.78 Å². The zero-order chi connectivity index (χ0) is 10.9. The van der Waals surface area contributed by atoms with E-state index in [1.165, 1.54) is 6.92 Å². The molecule has 2 rings (SSSR count). The Hall–Kier alpha value is -0.490. The second kappa shape index (κ2) is 7.76. The molecule has 0 radical (unpaired) electrons. The van der Waals surface area contributed by atoms with Crippen LogP contribution in [0.1, 0.15) is 6.92 Å². The molecule has 5 nitrogen and oxygen atoms in total. The van der Waals surface area contributed by atoms with Crippen LogP contribution < -0.4 is 0 Å². The van der Waals surface area contributed by atoms with Crippen molar-refractivity contribution in [2.24, 2.45) is 0 Å². The lowest BCUT2D eigenvalue weighted by molar-refractivity contribution is -0.143. The van der Waals surface area contributed by atoms with Gasteiger partial charge in [-0.1, -0.05) is 0 Å². The first-order valence-electron chi connectivity index (χ1n) is 5.16. The minimum Gasteiger partial charge on any atom is -0.377 e. The van der Waals surface area contributed by atoms with Gasteiger partial charge in [0.05, 0.1) is 46.2 Å². The summed E-state index contributed by atoms with van der Waals surface area (Å²) < 4.78 is 20.0. The van der Waals surface area contributed by atoms with Crippen LogP contribution in [0.15, 0.2) is 0 Å². The lowest BCUT2D eigenvalue weighted by Crippen LogP contribution is -2.33. The normalized spacial score (nSPS) is 26.3. The number of carbonyl (C=O) groups is 1. The minimum absolute atomic E-state index is 0.0506. The number of Topliss-reactive ketones (excluding diaryl/α,β-unsaturated/α-hetero) is 1. The first-order valence-corrected chi connectivity index (χ1v) is 5.16. The minimum atomic E-state index is -0.307. The van der Waals surface area contributed by atoms with Gasteiger partial charge in [0, 0.05) is 0 Å². The smallest absolute Gasteiger partial charge is 0.160 e. The third kappa shape index (κ3) is 5.84. The summed E-state index contributed by atoms with van der Waals surface area (Å²) in [7, 11) is 0. The molecule has 0 aromatic heterocycles. The van der Waals surface area contributed by atoms with Crippen molar-refractivity contribution in [2.45, 2.75) is 13.0 Å². The summed E-state index contributed by atoms with van der Waals surface area (Å²) in [6, 6.07) is 0. The van der Waals surface area contributed by atoms with Crippen LogP contribution in [0.3, 0.4) is 0 Å². The highest BCUT2D eigenvalue weighted by molar-refractivity contribution is 5.80. The second-order valence-corrected chi connectivity index (χ2v) is 3.27. The van der Waals surface area contributed by atoms with Crippen LogP contribution in [-0.2, 0) is 23.7 Å². The summed E-state index contributed by atoms with van der Waals surface area (Å²) in [5.74, 6) is 0.0506. The number of rotatable bonds is 1. The van der Waals surface area contributed by atoms with E-state index in [0.29, 0.717) is 19.8 Å². The van der Waals surface area contributed by atoms with Crippen molar-refractivity contribution in [1.82, 2.24) is 0 Å². The summed E-state index contributed by atoms with van der Waals surface area (Å²) >= 11 is 0. The average Bonchev–Trinajstić information content (AvgIpc) is 2.33. The maximum absolute atomic E-state index is 10.6. The predicted molar refractivity (Wildman–Crippen MR) is 52.9 cm³/mol. The van der Waals surface area contributed by atoms with Gasteiger partial charge in [-0.2, -0.15) is 0 Å². The summed E-state index contributed by atoms with van der Waals surface area (Å²) in [6.45, 7) is 6.21. The van der Waals surface area contributed by atoms with Crippen molar-refractivity contribution in [3.8, 4) is 0 Å². The van der Waals surface area contributed by atoms with Gasteiger partial charge < -0.3 is 18.9 Å². The molecule has 2 heterocycles. The molecule has 0 saturated carbocycles. The van der Waals surface area contributed by atoms with Crippen LogP contribution in [0, 0.1) is 0 Å². The van der Waals surface area contributed by atoms with Gasteiger partial charge >= 0.3 is 0 Å². The van der Waals surface area contributed by atoms with Gasteiger partial charge in [0.25, 0.3) is 0 Å². The fourth-order valence-corrected chi connectivity index (χ4v) is 1.16. The molecule has 2 aliphatic rings. The number of hydrogen-bond acceptors (Lipinski definition) is 5. The SMILES string of the molecule is C1COCCO1.CC(=O)C1COCCO1. The third-order valence-electron chi connectivity index (χ3n) is 2.01. The van der Waals surface area contributed by atoms with Crippen LogP contribution in [-0.4, -0.2) is 58.1 Å². The number of carbonyl (C=O) groups excluding carboxylic acids is 1. The summed E-state index contributed by atoms with van der Waals surface area (Å²) in [5.41, 5.74) is 0. The summed E-state index contributed by atoms with van der Waals surface area (Å²) in [5, 5.41) is 0. The zero-order valence-electron chi connectivity index (χ0n) is 9.07. The molecule has 0 amide bonds. The largest absolute Gasteiger partial charge is 0.377 e. The lowest BCUT2D eigenvalue weighted by Gasteiger charge is -2.19. The highest BCUT2D eigenvalue weighted by Crippen LogP contribution is 2.00. The van der Waals surface area contributed by atoms with Gasteiger partial charge in [0.2, 0.25) is 0 Å². The molecule has 2 fully saturated rings. The Kier molecular flexibility index (Phi) is 6.50. The molecule has 2 aliphatic heterocycles. The van der Waals surface area contributed by atoms with E-state index < -0.39 is 0 Å². The molecule has 0 aromatic rings. The molecule has 1 atom stereocenters. The Morgan fingerprint density at radius 2 is 1.47 bits per heavy atom. The molecule has 0 bridgehead atoms. The van der Waals surface area contributed by atoms with E-state index in [9.17, 15) is 4.79 Å². The molecule has 88 valence electrons. The number of ketones is 1. The van der Waals surface area contributed by atoms with E-state index in [-0.39, 0.29) is 11.9 Å². The zero-order valence-corrected chi connectivity index (χ0v) is 9.07. The van der Waals surface area contributed by atoms with Crippen LogP contribution in [0.4, 0.5) is 0 Å². The van der Waals surface area contributed by atoms with Gasteiger partial charge in [-0.15, -0.1) is 0 Å². The van der Waals surface area contributed by atoms with Crippen molar-refractivity contribution in [1.29, 1.82) is 0 Å². The van der Waals surface area contributed by atoms with Crippen LogP contribution in [0.2, 0.25) is 0 Å². The monoisotopic (exact) mass is 218 g/mol. The van der Waals surface area contributed by atoms with E-state index in [4.69, 9.17) is 18.9 Å². The molecule has 0 spiro atoms. The Morgan fingerprint density at radius 1 is 0.933 bits per heavy atom. The molecule has 0 N–H and O–H groups in total. The van der Waals surface area contributed by atoms with Crippen molar-refractivity contribution < 1.29 is 23.7 Å². The van der Waals surface area contributed by atoms with E-state index in [1.54, 1.807) is 0 Å². The van der Waals surface area contributed by atoms with Crippen molar-refractivity contribution in [2.75, 3.05) is 46.2 Å². The Balaban J connectivity index is 0.000000162. The molecule has 2 saturated heterocycles. The predicted octanol–water partition coefficient (Wildman–Crippen LogP) is 0.0240. The first kappa shape index (κ1) is 12.6. The van der Waals surface area contributed by atoms with E-state index in [1.807, 2.05) is 0 Å². The summed E-state index contributed by atoms with van der Waals surface area (Å²) in [6.07, 6.45) is -0.307. The highest BCUT2D eigenvalue weighted by atomic mass is 16.6. The van der Waals surface area contributed by atoms with Crippen LogP contribution in [0.25, 0.3) is 0 Å². The van der Waals surface area contributed by atoms with E-state index >= 15 is 0 Å². The highest BCUT2D eigenvalue weighted by Gasteiger charge is 2.17. The standard InChI is InChI=1S/C6H10O3.C4H8O2/c1-5(7)6-4-8-2-3-9-6;1-2-6-4-3-5-1/h6H,2-4H2,1H3;1-4H2. The van der Waals surface area contributed by atoms with Gasteiger partial charge in [-0.3, -0.25) is 4.79 Å². The number of ether oxygens (including phenoxy) is 4. The fraction of sp³-hybridized carbons (Fsp3) is 0.900. The topological polar surface area (TPSA) is 54.0 Å². The van der Waals surface area contributed by atoms with Crippen molar-refractivity contribution in [3.05, 3.63) is 0 Å². The maximum atomic E-state index is 10.6. The van der Waals surface area contributed by atoms with Gasteiger partial charge in [0.1, 0.15) is 6.10 Å². The van der Waals surface area contributed by atoms with Crippen LogP contribution in [0.5, 0.6) is 0 Å². The second-order valence-electron chi connectivity index (χ2n) is 3.27. The Labute approximate surface area is 89.6 Å². The third-order valence-corrected chi connectivity index (χ3v) is 2.01. The van der Waals surface area contributed by atoms with E-state index in [2.05, 4.69) is 0 Å². The lowest BCUT2D eigenvalue weighted by atomic mass is 10.2. The molecule has 1 unspecified atom stereocenters. The molecule has 5 heteroatoms. The summed E-state index contributed by atoms with van der Waals surface area (Å²) in [4.78, 5) is 10.6. The first-order chi connectivity index (χ1) is 7.30. The number of hydrogen-bond donors (Lipinski definition) is 0. The van der Waals surface area contributed by atoms with Gasteiger partial charge in [-0.25, -0.2) is 0 Å². The van der Waals surface area contributed by atoms with Gasteiger partial charge in [0.15, 0.2) is 5.78 Å². The Morgan fingerprint density at radius 3 is 1.73 bits per heavy atom. The molecular weight excluding hydrogens is 200 g/mol. The maximum Gasteiger partial charge on any atom is 0.160 e. The van der Waals surface area contributed by atoms with E-state index in [0.717, 1.165) is 26.4 Å². The fourth-order valence-electron chi connectivity index (χ4n) is 1.16. The quantitative estimate of drug-likeness (QED) is 0.621. The van der Waals surface area contributed by atoms with Gasteiger partial charge in [-0.05, 0) is 6.92 Å². The average molecular weight is 218 g/mol. The molecular formula is C10H18O5. The molecule has 0 aromatic carbocycles. The van der Waals surface area contributed by atoms with Crippen molar-refractivity contribution in [3.63, 3.8) is 0 Å². The molecule has 15 heavy (non-hydrogen) atoms. The molecule has 0 aliphatic carbocycles. The van der Waals surface area contributed by atoms with Crippen LogP contribution >= 0.6 is 0 Å². The Bertz CT molecular complexity index is 161.